The van der Waals surface area contributed by atoms with Crippen LogP contribution in [0, 0.1) is 12.7 Å². The predicted octanol–water partition coefficient (Wildman–Crippen LogP) is 5.01. The number of nitrogens with zero attached hydrogens (tertiary/aromatic N) is 3. The Kier molecular flexibility index (Phi) is 9.83. The van der Waals surface area contributed by atoms with Crippen molar-refractivity contribution in [2.75, 3.05) is 50.1 Å². The lowest BCUT2D eigenvalue weighted by Gasteiger charge is -2.29. The highest BCUT2D eigenvalue weighted by Gasteiger charge is 2.33. The number of halogens is 1. The van der Waals surface area contributed by atoms with Crippen LogP contribution in [0.15, 0.2) is 24.3 Å². The largest absolute Gasteiger partial charge is 0.494 e. The third-order valence-electron chi connectivity index (χ3n) is 8.26. The quantitative estimate of drug-likeness (QED) is 0.259. The van der Waals surface area contributed by atoms with Crippen LogP contribution in [-0.4, -0.2) is 67.8 Å². The van der Waals surface area contributed by atoms with E-state index in [4.69, 9.17) is 19.4 Å². The molecular weight excluding hydrogens is 563 g/mol. The summed E-state index contributed by atoms with van der Waals surface area (Å²) in [5.41, 5.74) is 4.53. The SMILES string of the molecule is CCOC(=O)CCNc1nc2c(C3CC3)nc(C)cc2c(N2CCN[C@@H](C)CC2)c1C(=O)NC(C)c1ccc(F)c(OC)c1. The highest BCUT2D eigenvalue weighted by molar-refractivity contribution is 6.12. The molecular formula is C33H43FN6O4. The number of carbonyl (C=O) groups excluding carboxylic acids is 2. The van der Waals surface area contributed by atoms with Gasteiger partial charge in [-0.2, -0.15) is 0 Å². The van der Waals surface area contributed by atoms with Gasteiger partial charge in [0.2, 0.25) is 0 Å². The lowest BCUT2D eigenvalue weighted by Crippen LogP contribution is -2.34. The van der Waals surface area contributed by atoms with Crippen molar-refractivity contribution >= 4 is 34.3 Å². The van der Waals surface area contributed by atoms with Crippen molar-refractivity contribution in [2.45, 2.75) is 71.4 Å². The summed E-state index contributed by atoms with van der Waals surface area (Å²) in [5.74, 6) is -0.269. The highest BCUT2D eigenvalue weighted by Crippen LogP contribution is 2.45. The molecule has 1 saturated carbocycles. The average Bonchev–Trinajstić information content (AvgIpc) is 3.85. The van der Waals surface area contributed by atoms with Crippen LogP contribution in [0.5, 0.6) is 5.75 Å². The third kappa shape index (κ3) is 7.04. The van der Waals surface area contributed by atoms with Crippen molar-refractivity contribution in [2.24, 2.45) is 0 Å². The zero-order valence-corrected chi connectivity index (χ0v) is 26.3. The Hall–Kier alpha value is -3.99. The van der Waals surface area contributed by atoms with E-state index in [1.165, 1.54) is 13.2 Å². The van der Waals surface area contributed by atoms with Crippen molar-refractivity contribution in [3.8, 4) is 5.75 Å². The number of benzene rings is 1. The van der Waals surface area contributed by atoms with Crippen LogP contribution >= 0.6 is 0 Å². The first-order valence-corrected chi connectivity index (χ1v) is 15.6. The summed E-state index contributed by atoms with van der Waals surface area (Å²) in [4.78, 5) is 38.8. The predicted molar refractivity (Wildman–Crippen MR) is 169 cm³/mol. The van der Waals surface area contributed by atoms with E-state index in [0.717, 1.165) is 60.3 Å². The fraction of sp³-hybridized carbons (Fsp3) is 0.515. The van der Waals surface area contributed by atoms with Crippen LogP contribution < -0.4 is 25.6 Å². The first-order chi connectivity index (χ1) is 21.2. The second-order valence-electron chi connectivity index (χ2n) is 11.7. The molecule has 0 spiro atoms. The summed E-state index contributed by atoms with van der Waals surface area (Å²) in [6.07, 6.45) is 3.14. The van der Waals surface area contributed by atoms with E-state index >= 15 is 0 Å². The van der Waals surface area contributed by atoms with E-state index in [-0.39, 0.29) is 30.6 Å². The minimum atomic E-state index is -0.469. The number of fused-ring (bicyclic) bond motifs is 1. The lowest BCUT2D eigenvalue weighted by atomic mass is 10.0. The number of esters is 1. The van der Waals surface area contributed by atoms with Gasteiger partial charge in [-0.05, 0) is 70.7 Å². The van der Waals surface area contributed by atoms with Gasteiger partial charge in [0.05, 0.1) is 43.1 Å². The standard InChI is InChI=1S/C33H43FN6O4/c1-6-44-27(41)11-13-36-32-28(33(42)38-21(4)23-9-10-25(34)26(18-23)43-5)31(40-15-12-19(2)35-14-16-40)24-17-20(3)37-29(22-7-8-22)30(24)39-32/h9-10,17-19,21-22,35H,6-8,11-16H2,1-5H3,(H,36,39)(H,38,42)/t19-,21?/m0/s1. The molecule has 1 aromatic carbocycles. The molecule has 2 aliphatic rings. The van der Waals surface area contributed by atoms with Crippen molar-refractivity contribution < 1.29 is 23.5 Å². The number of anilines is 2. The number of carbonyl (C=O) groups is 2. The van der Waals surface area contributed by atoms with Gasteiger partial charge in [-0.15, -0.1) is 0 Å². The van der Waals surface area contributed by atoms with E-state index in [1.807, 2.05) is 19.9 Å². The number of amides is 1. The summed E-state index contributed by atoms with van der Waals surface area (Å²) < 4.78 is 24.5. The molecule has 10 nitrogen and oxygen atoms in total. The summed E-state index contributed by atoms with van der Waals surface area (Å²) >= 11 is 0. The number of hydrogen-bond acceptors (Lipinski definition) is 9. The van der Waals surface area contributed by atoms with Crippen LogP contribution in [-0.2, 0) is 9.53 Å². The summed E-state index contributed by atoms with van der Waals surface area (Å²) in [7, 11) is 1.41. The van der Waals surface area contributed by atoms with Gasteiger partial charge in [0.1, 0.15) is 11.4 Å². The normalized spacial score (nSPS) is 17.6. The molecule has 3 aromatic rings. The van der Waals surface area contributed by atoms with Crippen LogP contribution in [0.1, 0.15) is 85.7 Å². The molecule has 3 heterocycles. The molecule has 2 aromatic heterocycles. The number of ether oxygens (including phenoxy) is 2. The number of methoxy groups -OCH3 is 1. The van der Waals surface area contributed by atoms with Gasteiger partial charge in [0.15, 0.2) is 11.6 Å². The first-order valence-electron chi connectivity index (χ1n) is 15.6. The molecule has 0 bridgehead atoms. The summed E-state index contributed by atoms with van der Waals surface area (Å²) in [6.45, 7) is 10.5. The minimum Gasteiger partial charge on any atom is -0.494 e. The Bertz CT molecular complexity index is 1530. The molecule has 1 aliphatic heterocycles. The molecule has 11 heteroatoms. The van der Waals surface area contributed by atoms with E-state index in [0.29, 0.717) is 42.1 Å². The monoisotopic (exact) mass is 606 g/mol. The van der Waals surface area contributed by atoms with Gasteiger partial charge >= 0.3 is 5.97 Å². The maximum Gasteiger partial charge on any atom is 0.307 e. The number of aromatic nitrogens is 2. The zero-order chi connectivity index (χ0) is 31.4. The molecule has 3 N–H and O–H groups in total. The van der Waals surface area contributed by atoms with Crippen LogP contribution in [0.4, 0.5) is 15.9 Å². The molecule has 1 aliphatic carbocycles. The molecule has 2 atom stereocenters. The van der Waals surface area contributed by atoms with Crippen molar-refractivity contribution in [1.29, 1.82) is 0 Å². The molecule has 2 fully saturated rings. The van der Waals surface area contributed by atoms with Gasteiger partial charge in [-0.3, -0.25) is 14.6 Å². The molecule has 236 valence electrons. The van der Waals surface area contributed by atoms with Gasteiger partial charge in [0.25, 0.3) is 5.91 Å². The average molecular weight is 607 g/mol. The summed E-state index contributed by atoms with van der Waals surface area (Å²) in [5, 5.41) is 10.9. The Labute approximate surface area is 258 Å². The number of nitrogens with one attached hydrogen (secondary N) is 3. The molecule has 44 heavy (non-hydrogen) atoms. The summed E-state index contributed by atoms with van der Waals surface area (Å²) in [6, 6.07) is 6.48. The molecule has 5 rings (SSSR count). The van der Waals surface area contributed by atoms with E-state index in [2.05, 4.69) is 27.8 Å². The van der Waals surface area contributed by atoms with Crippen molar-refractivity contribution in [3.05, 3.63) is 52.6 Å². The second-order valence-corrected chi connectivity index (χ2v) is 11.7. The number of rotatable bonds is 11. The van der Waals surface area contributed by atoms with Crippen LogP contribution in [0.2, 0.25) is 0 Å². The smallest absolute Gasteiger partial charge is 0.307 e. The van der Waals surface area contributed by atoms with Crippen molar-refractivity contribution in [1.82, 2.24) is 20.6 Å². The minimum absolute atomic E-state index is 0.111. The number of hydrogen-bond donors (Lipinski definition) is 3. The number of aryl methyl sites for hydroxylation is 1. The van der Waals surface area contributed by atoms with Crippen LogP contribution in [0.3, 0.4) is 0 Å². The van der Waals surface area contributed by atoms with E-state index < -0.39 is 11.9 Å². The Balaban J connectivity index is 1.63. The Morgan fingerprint density at radius 1 is 1.18 bits per heavy atom. The molecule has 0 radical (unpaired) electrons. The Morgan fingerprint density at radius 3 is 2.70 bits per heavy atom. The maximum atomic E-state index is 14.4. The van der Waals surface area contributed by atoms with Crippen molar-refractivity contribution in [3.63, 3.8) is 0 Å². The maximum absolute atomic E-state index is 14.4. The lowest BCUT2D eigenvalue weighted by molar-refractivity contribution is -0.142. The second kappa shape index (κ2) is 13.8. The van der Waals surface area contributed by atoms with Gasteiger partial charge in [-0.1, -0.05) is 6.07 Å². The molecule has 1 unspecified atom stereocenters. The van der Waals surface area contributed by atoms with Crippen LogP contribution in [0.25, 0.3) is 10.9 Å². The van der Waals surface area contributed by atoms with Gasteiger partial charge in [0, 0.05) is 49.2 Å². The molecule has 1 amide bonds. The first kappa shape index (κ1) is 31.4. The van der Waals surface area contributed by atoms with Gasteiger partial charge < -0.3 is 30.3 Å². The molecule has 1 saturated heterocycles. The zero-order valence-electron chi connectivity index (χ0n) is 26.3. The van der Waals surface area contributed by atoms with E-state index in [9.17, 15) is 14.0 Å². The number of pyridine rings is 2. The fourth-order valence-electron chi connectivity index (χ4n) is 5.76. The third-order valence-corrected chi connectivity index (χ3v) is 8.26. The highest BCUT2D eigenvalue weighted by atomic mass is 19.1. The van der Waals surface area contributed by atoms with E-state index in [1.54, 1.807) is 19.1 Å². The fourth-order valence-corrected chi connectivity index (χ4v) is 5.76. The topological polar surface area (TPSA) is 118 Å². The van der Waals surface area contributed by atoms with Gasteiger partial charge in [-0.25, -0.2) is 9.37 Å². The Morgan fingerprint density at radius 2 is 1.98 bits per heavy atom.